The van der Waals surface area contributed by atoms with Gasteiger partial charge in [0.15, 0.2) is 11.6 Å². The molecule has 2 rings (SSSR count). The van der Waals surface area contributed by atoms with Crippen LogP contribution >= 0.6 is 0 Å². The third kappa shape index (κ3) is 1.97. The Morgan fingerprint density at radius 1 is 1.06 bits per heavy atom. The second-order valence-electron chi connectivity index (χ2n) is 3.49. The van der Waals surface area contributed by atoms with Crippen LogP contribution in [0.1, 0.15) is 10.4 Å². The quantitative estimate of drug-likeness (QED) is 0.836. The molecular formula is C13H9FO3. The Morgan fingerprint density at radius 2 is 1.71 bits per heavy atom. The maximum Gasteiger partial charge on any atom is 0.339 e. The van der Waals surface area contributed by atoms with Gasteiger partial charge in [-0.15, -0.1) is 0 Å². The van der Waals surface area contributed by atoms with E-state index < -0.39 is 23.1 Å². The van der Waals surface area contributed by atoms with E-state index in [1.54, 1.807) is 30.3 Å². The number of carboxylic acid groups (broad SMARTS) is 1. The molecule has 0 aliphatic heterocycles. The number of aromatic hydroxyl groups is 1. The van der Waals surface area contributed by atoms with Crippen molar-refractivity contribution in [2.24, 2.45) is 0 Å². The largest absolute Gasteiger partial charge is 0.504 e. The Bertz CT molecular complexity index is 564. The van der Waals surface area contributed by atoms with E-state index in [4.69, 9.17) is 5.11 Å². The monoisotopic (exact) mass is 232 g/mol. The zero-order chi connectivity index (χ0) is 12.4. The summed E-state index contributed by atoms with van der Waals surface area (Å²) in [5.41, 5.74) is 0.313. The molecule has 4 heteroatoms. The van der Waals surface area contributed by atoms with Gasteiger partial charge in [0.25, 0.3) is 0 Å². The van der Waals surface area contributed by atoms with E-state index in [1.807, 2.05) is 0 Å². The van der Waals surface area contributed by atoms with Crippen LogP contribution in [0.4, 0.5) is 4.39 Å². The first-order chi connectivity index (χ1) is 8.11. The average molecular weight is 232 g/mol. The minimum Gasteiger partial charge on any atom is -0.504 e. The van der Waals surface area contributed by atoms with Crippen molar-refractivity contribution in [3.63, 3.8) is 0 Å². The van der Waals surface area contributed by atoms with Crippen LogP contribution in [0.25, 0.3) is 11.1 Å². The summed E-state index contributed by atoms with van der Waals surface area (Å²) in [6.07, 6.45) is 0. The van der Waals surface area contributed by atoms with E-state index in [2.05, 4.69) is 0 Å². The van der Waals surface area contributed by atoms with E-state index in [0.717, 1.165) is 0 Å². The van der Waals surface area contributed by atoms with Gasteiger partial charge >= 0.3 is 5.97 Å². The molecule has 86 valence electrons. The van der Waals surface area contributed by atoms with Gasteiger partial charge in [-0.2, -0.15) is 0 Å². The minimum absolute atomic E-state index is 0.174. The standard InChI is InChI=1S/C13H9FO3/c14-11-9(8-4-2-1-3-5-8)6-7-10(12(11)15)13(16)17/h1-7,15H,(H,16,17). The summed E-state index contributed by atoms with van der Waals surface area (Å²) in [4.78, 5) is 10.7. The van der Waals surface area contributed by atoms with Crippen molar-refractivity contribution in [2.45, 2.75) is 0 Å². The predicted octanol–water partition coefficient (Wildman–Crippen LogP) is 2.90. The number of hydrogen-bond donors (Lipinski definition) is 2. The minimum atomic E-state index is -1.36. The van der Waals surface area contributed by atoms with Gasteiger partial charge in [-0.1, -0.05) is 36.4 Å². The Kier molecular flexibility index (Phi) is 2.78. The normalized spacial score (nSPS) is 10.2. The third-order valence-corrected chi connectivity index (χ3v) is 2.43. The van der Waals surface area contributed by atoms with Crippen LogP contribution in [0.3, 0.4) is 0 Å². The van der Waals surface area contributed by atoms with Gasteiger partial charge in [-0.3, -0.25) is 0 Å². The summed E-state index contributed by atoms with van der Waals surface area (Å²) in [5.74, 6) is -3.11. The predicted molar refractivity (Wildman–Crippen MR) is 60.5 cm³/mol. The molecule has 0 fully saturated rings. The van der Waals surface area contributed by atoms with Crippen molar-refractivity contribution < 1.29 is 19.4 Å². The lowest BCUT2D eigenvalue weighted by Gasteiger charge is -2.07. The topological polar surface area (TPSA) is 57.5 Å². The second-order valence-corrected chi connectivity index (χ2v) is 3.49. The number of aromatic carboxylic acids is 1. The molecule has 0 spiro atoms. The Hall–Kier alpha value is -2.36. The van der Waals surface area contributed by atoms with Crippen molar-refractivity contribution in [3.8, 4) is 16.9 Å². The Labute approximate surface area is 96.8 Å². The number of hydrogen-bond acceptors (Lipinski definition) is 2. The van der Waals surface area contributed by atoms with Gasteiger partial charge in [0.1, 0.15) is 5.56 Å². The maximum absolute atomic E-state index is 13.8. The molecule has 0 aliphatic rings. The van der Waals surface area contributed by atoms with E-state index in [-0.39, 0.29) is 5.56 Å². The molecule has 17 heavy (non-hydrogen) atoms. The molecule has 0 saturated carbocycles. The number of benzene rings is 2. The lowest BCUT2D eigenvalue weighted by molar-refractivity contribution is 0.0693. The van der Waals surface area contributed by atoms with Crippen molar-refractivity contribution in [1.29, 1.82) is 0 Å². The molecule has 0 bridgehead atoms. The van der Waals surface area contributed by atoms with Crippen LogP contribution < -0.4 is 0 Å². The first-order valence-electron chi connectivity index (χ1n) is 4.91. The molecular weight excluding hydrogens is 223 g/mol. The second kappa shape index (κ2) is 4.25. The van der Waals surface area contributed by atoms with Gasteiger partial charge in [-0.25, -0.2) is 9.18 Å². The van der Waals surface area contributed by atoms with Crippen molar-refractivity contribution >= 4 is 5.97 Å². The van der Waals surface area contributed by atoms with Crippen LogP contribution in [0.5, 0.6) is 5.75 Å². The first kappa shape index (κ1) is 11.1. The highest BCUT2D eigenvalue weighted by molar-refractivity contribution is 5.92. The van der Waals surface area contributed by atoms with Crippen LogP contribution in [-0.2, 0) is 0 Å². The molecule has 0 unspecified atom stereocenters. The Balaban J connectivity index is 2.60. The van der Waals surface area contributed by atoms with Gasteiger partial charge in [0, 0.05) is 5.56 Å². The fourth-order valence-electron chi connectivity index (χ4n) is 1.58. The van der Waals surface area contributed by atoms with E-state index in [0.29, 0.717) is 5.56 Å². The number of carboxylic acids is 1. The zero-order valence-electron chi connectivity index (χ0n) is 8.72. The SMILES string of the molecule is O=C(O)c1ccc(-c2ccccc2)c(F)c1O. The van der Waals surface area contributed by atoms with Crippen molar-refractivity contribution in [1.82, 2.24) is 0 Å². The molecule has 0 heterocycles. The van der Waals surface area contributed by atoms with Gasteiger partial charge in [-0.05, 0) is 11.6 Å². The summed E-state index contributed by atoms with van der Waals surface area (Å²) in [6.45, 7) is 0. The number of rotatable bonds is 2. The summed E-state index contributed by atoms with van der Waals surface area (Å²) >= 11 is 0. The van der Waals surface area contributed by atoms with E-state index >= 15 is 0 Å². The summed E-state index contributed by atoms with van der Waals surface area (Å²) in [5, 5.41) is 18.2. The number of phenols is 1. The summed E-state index contributed by atoms with van der Waals surface area (Å²) < 4.78 is 13.8. The lowest BCUT2D eigenvalue weighted by atomic mass is 10.0. The fourth-order valence-corrected chi connectivity index (χ4v) is 1.58. The highest BCUT2D eigenvalue weighted by Gasteiger charge is 2.17. The molecule has 0 saturated heterocycles. The average Bonchev–Trinajstić information content (AvgIpc) is 2.33. The van der Waals surface area contributed by atoms with E-state index in [1.165, 1.54) is 12.1 Å². The molecule has 0 aliphatic carbocycles. The highest BCUT2D eigenvalue weighted by atomic mass is 19.1. The maximum atomic E-state index is 13.8. The molecule has 3 nitrogen and oxygen atoms in total. The third-order valence-electron chi connectivity index (χ3n) is 2.43. The number of carbonyl (C=O) groups is 1. The molecule has 2 N–H and O–H groups in total. The fraction of sp³-hybridized carbons (Fsp3) is 0. The van der Waals surface area contributed by atoms with Crippen LogP contribution in [0.15, 0.2) is 42.5 Å². The van der Waals surface area contributed by atoms with Crippen LogP contribution in [-0.4, -0.2) is 16.2 Å². The van der Waals surface area contributed by atoms with Crippen molar-refractivity contribution in [3.05, 3.63) is 53.8 Å². The molecule has 0 atom stereocenters. The Morgan fingerprint density at radius 3 is 2.29 bits per heavy atom. The number of halogens is 1. The van der Waals surface area contributed by atoms with Crippen LogP contribution in [0, 0.1) is 5.82 Å². The summed E-state index contributed by atoms with van der Waals surface area (Å²) in [7, 11) is 0. The van der Waals surface area contributed by atoms with Crippen molar-refractivity contribution in [2.75, 3.05) is 0 Å². The van der Waals surface area contributed by atoms with Gasteiger partial charge in [0.05, 0.1) is 0 Å². The first-order valence-corrected chi connectivity index (χ1v) is 4.91. The molecule has 0 radical (unpaired) electrons. The molecule has 0 amide bonds. The van der Waals surface area contributed by atoms with Crippen LogP contribution in [0.2, 0.25) is 0 Å². The van der Waals surface area contributed by atoms with Gasteiger partial charge < -0.3 is 10.2 Å². The van der Waals surface area contributed by atoms with E-state index in [9.17, 15) is 14.3 Å². The van der Waals surface area contributed by atoms with Gasteiger partial charge in [0.2, 0.25) is 0 Å². The highest BCUT2D eigenvalue weighted by Crippen LogP contribution is 2.31. The smallest absolute Gasteiger partial charge is 0.339 e. The lowest BCUT2D eigenvalue weighted by Crippen LogP contribution is -1.99. The molecule has 0 aromatic heterocycles. The molecule has 2 aromatic carbocycles. The molecule has 2 aromatic rings. The zero-order valence-corrected chi connectivity index (χ0v) is 8.72. The summed E-state index contributed by atoms with van der Waals surface area (Å²) in [6, 6.07) is 11.1.